The second-order valence-electron chi connectivity index (χ2n) is 9.64. The van der Waals surface area contributed by atoms with Crippen LogP contribution in [0.2, 0.25) is 9.45 Å². The molecule has 148 valence electrons. The van der Waals surface area contributed by atoms with E-state index < -0.39 is 16.6 Å². The summed E-state index contributed by atoms with van der Waals surface area (Å²) in [4.78, 5) is 0. The summed E-state index contributed by atoms with van der Waals surface area (Å²) in [5.74, 6) is 0.781. The van der Waals surface area contributed by atoms with Gasteiger partial charge in [-0.1, -0.05) is 0 Å². The van der Waals surface area contributed by atoms with Gasteiger partial charge in [0.15, 0.2) is 0 Å². The molecule has 0 radical (unpaired) electrons. The van der Waals surface area contributed by atoms with E-state index in [0.29, 0.717) is 6.92 Å². The molecule has 28 heavy (non-hydrogen) atoms. The van der Waals surface area contributed by atoms with Gasteiger partial charge in [-0.2, -0.15) is 0 Å². The average molecular weight is 444 g/mol. The molecule has 0 bridgehead atoms. The van der Waals surface area contributed by atoms with Gasteiger partial charge in [0.05, 0.1) is 0 Å². The van der Waals surface area contributed by atoms with Crippen LogP contribution in [0.5, 0.6) is 0 Å². The molecule has 2 atom stereocenters. The standard InChI is InChI=1S/C9H10.2C8H12P.Ti/c1-8(2)9-6-4-3-5-7-9;2*1-5-6(2)8(4)9-7(5)3;/h3-8H,1-2H2;2*1-4H3;. The normalized spacial score (nSPS) is 39.1. The summed E-state index contributed by atoms with van der Waals surface area (Å²) in [6, 6.07) is 11.4. The van der Waals surface area contributed by atoms with Crippen LogP contribution in [-0.2, 0) is 16.6 Å². The monoisotopic (exact) mass is 444 g/mol. The average Bonchev–Trinajstić information content (AvgIpc) is 2.95. The summed E-state index contributed by atoms with van der Waals surface area (Å²) in [7, 11) is 3.26. The summed E-state index contributed by atoms with van der Waals surface area (Å²) >= 11 is -2.33. The van der Waals surface area contributed by atoms with Crippen LogP contribution in [0.3, 0.4) is 0 Å². The second-order valence-corrected chi connectivity index (χ2v) is 22.3. The quantitative estimate of drug-likeness (QED) is 0.326. The summed E-state index contributed by atoms with van der Waals surface area (Å²) < 4.78 is 3.83. The third-order valence-electron chi connectivity index (χ3n) is 8.78. The molecule has 1 aromatic carbocycles. The molecule has 3 heteroatoms. The minimum atomic E-state index is -2.33. The van der Waals surface area contributed by atoms with Crippen molar-refractivity contribution in [3.8, 4) is 0 Å². The molecular weight excluding hydrogens is 410 g/mol. The van der Waals surface area contributed by atoms with Crippen LogP contribution < -0.4 is 0 Å². The van der Waals surface area contributed by atoms with E-state index in [1.165, 1.54) is 9.45 Å². The molecule has 0 nitrogen and oxygen atoms in total. The maximum atomic E-state index is 2.67. The van der Waals surface area contributed by atoms with E-state index in [9.17, 15) is 0 Å². The Kier molecular flexibility index (Phi) is 5.17. The Bertz CT molecular complexity index is 906. The molecular formula is C25H34P2Ti. The molecule has 2 unspecified atom stereocenters. The Morgan fingerprint density at radius 1 is 0.750 bits per heavy atom. The van der Waals surface area contributed by atoms with Crippen LogP contribution in [0.4, 0.5) is 0 Å². The summed E-state index contributed by atoms with van der Waals surface area (Å²) in [5.41, 5.74) is 8.25. The summed E-state index contributed by atoms with van der Waals surface area (Å²) in [6.07, 6.45) is 0. The SMILES string of the molecule is CC1=P[C](C)([Ti]2([C]3(C)P=C(C)C(C)=C3C)[CH2]C(c3ccccc3)[CH2]2)C(C)=C1C. The van der Waals surface area contributed by atoms with Crippen LogP contribution in [-0.4, -0.2) is 17.5 Å². The van der Waals surface area contributed by atoms with Gasteiger partial charge in [0.2, 0.25) is 0 Å². The predicted molar refractivity (Wildman–Crippen MR) is 128 cm³/mol. The van der Waals surface area contributed by atoms with Crippen molar-refractivity contribution in [2.75, 3.05) is 0 Å². The van der Waals surface area contributed by atoms with Crippen molar-refractivity contribution in [2.45, 2.75) is 77.7 Å². The fourth-order valence-electron chi connectivity index (χ4n) is 6.22. The van der Waals surface area contributed by atoms with Gasteiger partial charge in [-0.3, -0.25) is 0 Å². The molecule has 1 saturated heterocycles. The first-order valence-corrected chi connectivity index (χ1v) is 16.2. The van der Waals surface area contributed by atoms with Crippen molar-refractivity contribution in [2.24, 2.45) is 0 Å². The van der Waals surface area contributed by atoms with Crippen LogP contribution in [0.25, 0.3) is 0 Å². The molecule has 0 amide bonds. The summed E-state index contributed by atoms with van der Waals surface area (Å²) in [6.45, 7) is 19.8. The van der Waals surface area contributed by atoms with Crippen molar-refractivity contribution in [3.63, 3.8) is 0 Å². The van der Waals surface area contributed by atoms with E-state index in [4.69, 9.17) is 0 Å². The summed E-state index contributed by atoms with van der Waals surface area (Å²) in [5, 5.41) is 3.26. The van der Waals surface area contributed by atoms with E-state index in [0.717, 1.165) is 5.92 Å². The third kappa shape index (κ3) is 2.61. The molecule has 3 heterocycles. The fraction of sp³-hybridized carbons (Fsp3) is 0.520. The zero-order valence-electron chi connectivity index (χ0n) is 18.8. The maximum absolute atomic E-state index is 2.67. The molecule has 3 aliphatic rings. The first-order valence-electron chi connectivity index (χ1n) is 10.6. The number of rotatable bonds is 3. The van der Waals surface area contributed by atoms with Gasteiger partial charge in [-0.15, -0.1) is 0 Å². The van der Waals surface area contributed by atoms with Crippen LogP contribution >= 0.6 is 16.4 Å². The molecule has 4 rings (SSSR count). The Balaban J connectivity index is 1.87. The predicted octanol–water partition coefficient (Wildman–Crippen LogP) is 8.18. The molecule has 1 fully saturated rings. The fourth-order valence-corrected chi connectivity index (χ4v) is 26.6. The minimum absolute atomic E-state index is 0.424. The zero-order valence-corrected chi connectivity index (χ0v) is 22.1. The van der Waals surface area contributed by atoms with E-state index in [1.807, 2.05) is 0 Å². The van der Waals surface area contributed by atoms with Crippen molar-refractivity contribution in [1.82, 2.24) is 0 Å². The molecule has 1 aromatic rings. The number of allylic oxidation sites excluding steroid dienone is 4. The van der Waals surface area contributed by atoms with Crippen molar-refractivity contribution < 1.29 is 16.6 Å². The van der Waals surface area contributed by atoms with Crippen LogP contribution in [0.15, 0.2) is 52.6 Å². The molecule has 0 spiro atoms. The van der Waals surface area contributed by atoms with Crippen molar-refractivity contribution >= 4 is 27.0 Å². The van der Waals surface area contributed by atoms with Gasteiger partial charge in [-0.05, 0) is 0 Å². The number of benzene rings is 1. The van der Waals surface area contributed by atoms with Crippen LogP contribution in [0.1, 0.15) is 66.9 Å². The van der Waals surface area contributed by atoms with Crippen molar-refractivity contribution in [3.05, 3.63) is 58.2 Å². The van der Waals surface area contributed by atoms with Gasteiger partial charge in [0.25, 0.3) is 0 Å². The first kappa shape index (κ1) is 21.0. The zero-order chi connectivity index (χ0) is 20.5. The molecule has 0 aromatic heterocycles. The Morgan fingerprint density at radius 2 is 1.18 bits per heavy atom. The molecule has 0 aliphatic carbocycles. The Labute approximate surface area is 178 Å². The van der Waals surface area contributed by atoms with Crippen molar-refractivity contribution in [1.29, 1.82) is 0 Å². The number of hydrogen-bond acceptors (Lipinski definition) is 0. The Morgan fingerprint density at radius 3 is 1.54 bits per heavy atom. The van der Waals surface area contributed by atoms with E-state index in [-0.39, 0.29) is 0 Å². The van der Waals surface area contributed by atoms with E-state index in [1.54, 1.807) is 54.9 Å². The van der Waals surface area contributed by atoms with Gasteiger partial charge in [0.1, 0.15) is 0 Å². The van der Waals surface area contributed by atoms with Gasteiger partial charge < -0.3 is 0 Å². The number of hydrogen-bond donors (Lipinski definition) is 0. The molecule has 3 aliphatic heterocycles. The van der Waals surface area contributed by atoms with E-state index in [2.05, 4.69) is 85.7 Å². The second kappa shape index (κ2) is 6.89. The molecule has 0 saturated carbocycles. The molecule has 0 N–H and O–H groups in total. The van der Waals surface area contributed by atoms with Gasteiger partial charge in [0, 0.05) is 0 Å². The Hall–Kier alpha value is -0.246. The topological polar surface area (TPSA) is 0 Å². The third-order valence-corrected chi connectivity index (χ3v) is 27.0. The first-order chi connectivity index (χ1) is 13.1. The van der Waals surface area contributed by atoms with Gasteiger partial charge >= 0.3 is 179 Å². The van der Waals surface area contributed by atoms with E-state index >= 15 is 0 Å². The van der Waals surface area contributed by atoms with Gasteiger partial charge in [-0.25, -0.2) is 0 Å². The van der Waals surface area contributed by atoms with Crippen LogP contribution in [0, 0.1) is 0 Å².